The van der Waals surface area contributed by atoms with Crippen molar-refractivity contribution in [1.29, 1.82) is 0 Å². The molecule has 2 amide bonds. The quantitative estimate of drug-likeness (QED) is 0.624. The van der Waals surface area contributed by atoms with Crippen LogP contribution in [0.5, 0.6) is 0 Å². The zero-order chi connectivity index (χ0) is 13.9. The van der Waals surface area contributed by atoms with Crippen molar-refractivity contribution >= 4 is 29.6 Å². The molecule has 0 aromatic heterocycles. The van der Waals surface area contributed by atoms with Crippen molar-refractivity contribution in [3.05, 3.63) is 29.3 Å². The van der Waals surface area contributed by atoms with Gasteiger partial charge in [0.1, 0.15) is 5.88 Å². The van der Waals surface area contributed by atoms with Crippen LogP contribution in [0, 0.1) is 6.92 Å². The molecule has 0 aliphatic heterocycles. The van der Waals surface area contributed by atoms with Gasteiger partial charge in [-0.3, -0.25) is 14.5 Å². The number of carbonyl (C=O) groups is 2. The molecule has 1 aromatic carbocycles. The van der Waals surface area contributed by atoms with Gasteiger partial charge < -0.3 is 0 Å². The summed E-state index contributed by atoms with van der Waals surface area (Å²) in [5, 5.41) is 0. The molecule has 1 rings (SSSR count). The number of imide groups is 1. The van der Waals surface area contributed by atoms with Crippen molar-refractivity contribution in [3.8, 4) is 0 Å². The van der Waals surface area contributed by atoms with Gasteiger partial charge in [-0.15, -0.1) is 11.6 Å². The number of benzene rings is 1. The SMILES string of the molecule is Cc1cccc(C(C)(C)C)c1N(C=O)C(=O)CCl. The molecular weight excluding hydrogens is 250 g/mol. The summed E-state index contributed by atoms with van der Waals surface area (Å²) >= 11 is 5.54. The van der Waals surface area contributed by atoms with E-state index in [1.165, 1.54) is 0 Å². The highest BCUT2D eigenvalue weighted by Gasteiger charge is 2.25. The van der Waals surface area contributed by atoms with Gasteiger partial charge in [0.05, 0.1) is 5.69 Å². The smallest absolute Gasteiger partial charge is 0.248 e. The van der Waals surface area contributed by atoms with Crippen molar-refractivity contribution < 1.29 is 9.59 Å². The fraction of sp³-hybridized carbons (Fsp3) is 0.429. The lowest BCUT2D eigenvalue weighted by Gasteiger charge is -2.28. The Morgan fingerprint density at radius 2 is 2.00 bits per heavy atom. The molecule has 3 nitrogen and oxygen atoms in total. The Labute approximate surface area is 113 Å². The maximum atomic E-state index is 11.7. The topological polar surface area (TPSA) is 37.4 Å². The van der Waals surface area contributed by atoms with E-state index in [9.17, 15) is 9.59 Å². The first-order chi connectivity index (χ1) is 8.32. The van der Waals surface area contributed by atoms with Gasteiger partial charge in [0.2, 0.25) is 12.3 Å². The number of nitrogens with zero attached hydrogens (tertiary/aromatic N) is 1. The highest BCUT2D eigenvalue weighted by atomic mass is 35.5. The van der Waals surface area contributed by atoms with Crippen LogP contribution >= 0.6 is 11.6 Å². The van der Waals surface area contributed by atoms with Gasteiger partial charge in [0, 0.05) is 0 Å². The third-order valence-electron chi connectivity index (χ3n) is 2.78. The van der Waals surface area contributed by atoms with Gasteiger partial charge in [0.25, 0.3) is 0 Å². The molecule has 0 unspecified atom stereocenters. The van der Waals surface area contributed by atoms with E-state index in [-0.39, 0.29) is 11.3 Å². The van der Waals surface area contributed by atoms with Gasteiger partial charge in [-0.1, -0.05) is 39.0 Å². The molecule has 0 heterocycles. The number of para-hydroxylation sites is 1. The summed E-state index contributed by atoms with van der Waals surface area (Å²) in [6.07, 6.45) is 0.530. The number of aryl methyl sites for hydroxylation is 1. The van der Waals surface area contributed by atoms with E-state index in [0.717, 1.165) is 16.0 Å². The normalized spacial score (nSPS) is 11.2. The van der Waals surface area contributed by atoms with Crippen molar-refractivity contribution in [2.75, 3.05) is 10.8 Å². The predicted molar refractivity (Wildman–Crippen MR) is 74.1 cm³/mol. The standard InChI is InChI=1S/C14H18ClNO2/c1-10-6-5-7-11(14(2,3)4)13(10)16(9-17)12(18)8-15/h5-7,9H,8H2,1-4H3. The number of anilines is 1. The Bertz CT molecular complexity index is 463. The average molecular weight is 268 g/mol. The van der Waals surface area contributed by atoms with Crippen LogP contribution in [0.2, 0.25) is 0 Å². The monoisotopic (exact) mass is 267 g/mol. The summed E-state index contributed by atoms with van der Waals surface area (Å²) < 4.78 is 0. The Balaban J connectivity index is 3.46. The molecule has 0 bridgehead atoms. The van der Waals surface area contributed by atoms with Crippen LogP contribution in [0.25, 0.3) is 0 Å². The molecule has 0 radical (unpaired) electrons. The maximum absolute atomic E-state index is 11.7. The third-order valence-corrected chi connectivity index (χ3v) is 3.00. The van der Waals surface area contributed by atoms with E-state index in [4.69, 9.17) is 11.6 Å². The third kappa shape index (κ3) is 2.91. The van der Waals surface area contributed by atoms with E-state index in [2.05, 4.69) is 0 Å². The summed E-state index contributed by atoms with van der Waals surface area (Å²) in [5.74, 6) is -0.622. The highest BCUT2D eigenvalue weighted by molar-refractivity contribution is 6.31. The molecule has 18 heavy (non-hydrogen) atoms. The zero-order valence-corrected chi connectivity index (χ0v) is 11.9. The Hall–Kier alpha value is -1.35. The second kappa shape index (κ2) is 5.53. The first-order valence-corrected chi connectivity index (χ1v) is 6.29. The minimum Gasteiger partial charge on any atom is -0.278 e. The first kappa shape index (κ1) is 14.7. The molecule has 1 aromatic rings. The van der Waals surface area contributed by atoms with E-state index < -0.39 is 5.91 Å². The minimum atomic E-state index is -0.411. The summed E-state index contributed by atoms with van der Waals surface area (Å²) in [5.41, 5.74) is 2.32. The fourth-order valence-electron chi connectivity index (χ4n) is 1.88. The second-order valence-electron chi connectivity index (χ2n) is 5.22. The van der Waals surface area contributed by atoms with Crippen molar-refractivity contribution in [2.45, 2.75) is 33.1 Å². The number of hydrogen-bond donors (Lipinski definition) is 0. The zero-order valence-electron chi connectivity index (χ0n) is 11.2. The molecular formula is C14H18ClNO2. The molecule has 0 aliphatic carbocycles. The largest absolute Gasteiger partial charge is 0.278 e. The lowest BCUT2D eigenvalue weighted by atomic mass is 9.84. The van der Waals surface area contributed by atoms with E-state index in [0.29, 0.717) is 12.1 Å². The second-order valence-corrected chi connectivity index (χ2v) is 5.49. The number of carbonyl (C=O) groups excluding carboxylic acids is 2. The lowest BCUT2D eigenvalue weighted by Crippen LogP contribution is -2.33. The number of alkyl halides is 1. The first-order valence-electron chi connectivity index (χ1n) is 5.76. The van der Waals surface area contributed by atoms with Gasteiger partial charge >= 0.3 is 0 Å². The Morgan fingerprint density at radius 1 is 1.39 bits per heavy atom. The van der Waals surface area contributed by atoms with E-state index in [1.54, 1.807) is 0 Å². The Kier molecular flexibility index (Phi) is 4.52. The minimum absolute atomic E-state index is 0.158. The van der Waals surface area contributed by atoms with Gasteiger partial charge in [0.15, 0.2) is 0 Å². The lowest BCUT2D eigenvalue weighted by molar-refractivity contribution is -0.120. The van der Waals surface area contributed by atoms with Crippen molar-refractivity contribution in [3.63, 3.8) is 0 Å². The number of amides is 2. The molecule has 0 saturated heterocycles. The molecule has 0 aliphatic rings. The Morgan fingerprint density at radius 3 is 2.44 bits per heavy atom. The fourth-order valence-corrected chi connectivity index (χ4v) is 2.01. The number of rotatable bonds is 3. The van der Waals surface area contributed by atoms with E-state index in [1.807, 2.05) is 45.9 Å². The van der Waals surface area contributed by atoms with Gasteiger partial charge in [-0.25, -0.2) is 0 Å². The molecule has 0 N–H and O–H groups in total. The predicted octanol–water partition coefficient (Wildman–Crippen LogP) is 3.02. The summed E-state index contributed by atoms with van der Waals surface area (Å²) in [6.45, 7) is 8.00. The van der Waals surface area contributed by atoms with Gasteiger partial charge in [-0.2, -0.15) is 0 Å². The summed E-state index contributed by atoms with van der Waals surface area (Å²) in [4.78, 5) is 24.0. The maximum Gasteiger partial charge on any atom is 0.248 e. The summed E-state index contributed by atoms with van der Waals surface area (Å²) in [6, 6.07) is 5.73. The number of halogens is 1. The van der Waals surface area contributed by atoms with Crippen LogP contribution in [0.3, 0.4) is 0 Å². The van der Waals surface area contributed by atoms with Gasteiger partial charge in [-0.05, 0) is 23.5 Å². The highest BCUT2D eigenvalue weighted by Crippen LogP contribution is 2.34. The molecule has 0 fully saturated rings. The summed E-state index contributed by atoms with van der Waals surface area (Å²) in [7, 11) is 0. The van der Waals surface area contributed by atoms with Crippen LogP contribution in [0.4, 0.5) is 5.69 Å². The van der Waals surface area contributed by atoms with E-state index >= 15 is 0 Å². The van der Waals surface area contributed by atoms with Crippen LogP contribution in [0.1, 0.15) is 31.9 Å². The molecule has 0 saturated carbocycles. The molecule has 0 spiro atoms. The molecule has 4 heteroatoms. The van der Waals surface area contributed by atoms with Crippen LogP contribution in [0.15, 0.2) is 18.2 Å². The van der Waals surface area contributed by atoms with Crippen LogP contribution < -0.4 is 4.90 Å². The molecule has 98 valence electrons. The number of hydrogen-bond acceptors (Lipinski definition) is 2. The van der Waals surface area contributed by atoms with Crippen LogP contribution in [-0.4, -0.2) is 18.2 Å². The molecule has 0 atom stereocenters. The average Bonchev–Trinajstić information content (AvgIpc) is 2.30. The van der Waals surface area contributed by atoms with Crippen LogP contribution in [-0.2, 0) is 15.0 Å². The van der Waals surface area contributed by atoms with Crippen molar-refractivity contribution in [1.82, 2.24) is 0 Å². The van der Waals surface area contributed by atoms with Crippen molar-refractivity contribution in [2.24, 2.45) is 0 Å².